The molecule has 4 aliphatic carbocycles. The number of rotatable bonds is 3. The molecule has 2 aromatic rings. The minimum absolute atomic E-state index is 0.0519. The predicted molar refractivity (Wildman–Crippen MR) is 209 cm³/mol. The molecular weight excluding hydrogens is 663 g/mol. The Balaban J connectivity index is 0.923. The third-order valence-electron chi connectivity index (χ3n) is 15.4. The molecule has 2 aliphatic heterocycles. The standard InChI is InChI=1S/C44H61N3O4Si/c1-42-29-38(39(48)28-33(42)14-15-34-35(42)16-18-43(2)36(34)17-19-44(43,51)20-26-52(3,4)5)45-22-24-46(25-23-45)41(50)37-11-8-21-47(37)40(49)32-13-12-30-9-6-7-10-31(30)27-32/h6-7,9-10,12-13,27,33-39,48,51H,8,11,14-19,21-25,28-29H2,1-5H3/t33-,34?,35?,36?,37-,38-,39-,42-,43-,44+/m0/s1. The molecule has 2 aromatic carbocycles. The highest BCUT2D eigenvalue weighted by Crippen LogP contribution is 2.68. The van der Waals surface area contributed by atoms with Crippen LogP contribution in [0.4, 0.5) is 0 Å². The number of hydrogen-bond donors (Lipinski definition) is 2. The summed E-state index contributed by atoms with van der Waals surface area (Å²) in [6.45, 7) is 15.1. The van der Waals surface area contributed by atoms with Crippen molar-refractivity contribution in [2.24, 2.45) is 34.5 Å². The molecule has 4 saturated carbocycles. The van der Waals surface area contributed by atoms with Gasteiger partial charge in [0.1, 0.15) is 19.7 Å². The van der Waals surface area contributed by atoms with Crippen LogP contribution in [0, 0.1) is 46.0 Å². The number of fused-ring (bicyclic) bond motifs is 6. The number of piperazine rings is 1. The van der Waals surface area contributed by atoms with Gasteiger partial charge in [0.2, 0.25) is 5.91 Å². The molecule has 0 spiro atoms. The van der Waals surface area contributed by atoms with Gasteiger partial charge in [0.15, 0.2) is 0 Å². The molecule has 2 amide bonds. The van der Waals surface area contributed by atoms with Crippen molar-refractivity contribution in [3.8, 4) is 11.5 Å². The van der Waals surface area contributed by atoms with Gasteiger partial charge in [-0.05, 0) is 116 Å². The van der Waals surface area contributed by atoms with Crippen LogP contribution in [-0.2, 0) is 4.79 Å². The molecule has 6 aliphatic rings. The minimum atomic E-state index is -1.59. The molecule has 8 heteroatoms. The Morgan fingerprint density at radius 2 is 1.60 bits per heavy atom. The molecule has 10 atom stereocenters. The zero-order valence-corrected chi connectivity index (χ0v) is 33.2. The number of aliphatic hydroxyl groups is 2. The van der Waals surface area contributed by atoms with Gasteiger partial charge in [0.05, 0.1) is 6.10 Å². The van der Waals surface area contributed by atoms with E-state index in [4.69, 9.17) is 0 Å². The molecule has 0 radical (unpaired) electrons. The first-order chi connectivity index (χ1) is 24.7. The van der Waals surface area contributed by atoms with Crippen molar-refractivity contribution in [1.29, 1.82) is 0 Å². The highest BCUT2D eigenvalue weighted by atomic mass is 28.3. The molecule has 7 nitrogen and oxygen atoms in total. The second-order valence-corrected chi connectivity index (χ2v) is 23.9. The Morgan fingerprint density at radius 3 is 2.35 bits per heavy atom. The van der Waals surface area contributed by atoms with Crippen molar-refractivity contribution in [1.82, 2.24) is 14.7 Å². The Bertz CT molecular complexity index is 1770. The molecule has 8 rings (SSSR count). The zero-order chi connectivity index (χ0) is 36.6. The van der Waals surface area contributed by atoms with Crippen molar-refractivity contribution in [3.05, 3.63) is 48.0 Å². The summed E-state index contributed by atoms with van der Waals surface area (Å²) in [6.07, 6.45) is 9.52. The molecular formula is C44H61N3O4Si. The van der Waals surface area contributed by atoms with Crippen LogP contribution in [0.3, 0.4) is 0 Å². The predicted octanol–water partition coefficient (Wildman–Crippen LogP) is 6.58. The van der Waals surface area contributed by atoms with Gasteiger partial charge in [-0.15, -0.1) is 5.54 Å². The summed E-state index contributed by atoms with van der Waals surface area (Å²) in [6, 6.07) is 13.6. The van der Waals surface area contributed by atoms with E-state index >= 15 is 0 Å². The summed E-state index contributed by atoms with van der Waals surface area (Å²) in [7, 11) is -1.59. The maximum absolute atomic E-state index is 14.0. The average molecular weight is 724 g/mol. The van der Waals surface area contributed by atoms with Gasteiger partial charge in [-0.2, -0.15) is 0 Å². The summed E-state index contributed by atoms with van der Waals surface area (Å²) in [5.74, 6) is 5.78. The summed E-state index contributed by atoms with van der Waals surface area (Å²) in [5, 5.41) is 25.9. The van der Waals surface area contributed by atoms with E-state index in [0.29, 0.717) is 55.3 Å². The van der Waals surface area contributed by atoms with Crippen molar-refractivity contribution < 1.29 is 19.8 Å². The van der Waals surface area contributed by atoms with Crippen molar-refractivity contribution in [2.45, 2.75) is 121 Å². The molecule has 2 heterocycles. The maximum Gasteiger partial charge on any atom is 0.254 e. The van der Waals surface area contributed by atoms with E-state index in [-0.39, 0.29) is 34.8 Å². The van der Waals surface area contributed by atoms with E-state index in [1.165, 1.54) is 12.8 Å². The van der Waals surface area contributed by atoms with Crippen molar-refractivity contribution >= 4 is 30.7 Å². The van der Waals surface area contributed by atoms with Crippen LogP contribution in [0.2, 0.25) is 19.6 Å². The smallest absolute Gasteiger partial charge is 0.254 e. The fourth-order valence-electron chi connectivity index (χ4n) is 12.4. The van der Waals surface area contributed by atoms with Crippen LogP contribution in [0.25, 0.3) is 10.8 Å². The van der Waals surface area contributed by atoms with E-state index < -0.39 is 19.7 Å². The van der Waals surface area contributed by atoms with Gasteiger partial charge in [0, 0.05) is 49.7 Å². The van der Waals surface area contributed by atoms with Gasteiger partial charge in [0.25, 0.3) is 5.91 Å². The van der Waals surface area contributed by atoms with Crippen LogP contribution in [0.5, 0.6) is 0 Å². The fourth-order valence-corrected chi connectivity index (χ4v) is 13.0. The Hall–Kier alpha value is -2.70. The third-order valence-corrected chi connectivity index (χ3v) is 16.2. The summed E-state index contributed by atoms with van der Waals surface area (Å²) < 4.78 is 0. The topological polar surface area (TPSA) is 84.3 Å². The Labute approximate surface area is 312 Å². The normalized spacial score (nSPS) is 39.3. The minimum Gasteiger partial charge on any atom is -0.391 e. The van der Waals surface area contributed by atoms with Gasteiger partial charge in [-0.3, -0.25) is 14.5 Å². The second-order valence-electron chi connectivity index (χ2n) is 19.2. The molecule has 6 fully saturated rings. The maximum atomic E-state index is 14.0. The fraction of sp³-hybridized carbons (Fsp3) is 0.682. The Morgan fingerprint density at radius 1 is 0.865 bits per heavy atom. The molecule has 3 unspecified atom stereocenters. The number of likely N-dealkylation sites (tertiary alicyclic amines) is 1. The number of hydrogen-bond acceptors (Lipinski definition) is 5. The SMILES string of the molecule is C[C@]12CCC3C(CC[C@H]4C[C@H](O)[C@@H](N5CCN(C(=O)[C@@H]6CCCN6C(=O)c6ccc7ccccc7c6)CC5)C[C@]34C)C1CC[C@@]2(O)C#C[Si](C)(C)C. The number of amides is 2. The number of aliphatic hydroxyl groups excluding tert-OH is 1. The number of carbonyl (C=O) groups is 2. The lowest BCUT2D eigenvalue weighted by Crippen LogP contribution is -2.63. The highest BCUT2D eigenvalue weighted by molar-refractivity contribution is 6.83. The van der Waals surface area contributed by atoms with E-state index in [0.717, 1.165) is 68.8 Å². The van der Waals surface area contributed by atoms with Gasteiger partial charge < -0.3 is 20.0 Å². The van der Waals surface area contributed by atoms with Gasteiger partial charge in [-0.1, -0.05) is 69.7 Å². The molecule has 0 aromatic heterocycles. The van der Waals surface area contributed by atoms with Crippen molar-refractivity contribution in [2.75, 3.05) is 32.7 Å². The molecule has 0 bridgehead atoms. The quantitative estimate of drug-likeness (QED) is 0.276. The summed E-state index contributed by atoms with van der Waals surface area (Å²) >= 11 is 0. The van der Waals surface area contributed by atoms with Crippen LogP contribution in [0.15, 0.2) is 42.5 Å². The zero-order valence-electron chi connectivity index (χ0n) is 32.2. The van der Waals surface area contributed by atoms with Gasteiger partial charge in [-0.25, -0.2) is 0 Å². The largest absolute Gasteiger partial charge is 0.391 e. The highest BCUT2D eigenvalue weighted by Gasteiger charge is 2.65. The average Bonchev–Trinajstić information content (AvgIpc) is 3.72. The number of benzene rings is 2. The van der Waals surface area contributed by atoms with E-state index in [9.17, 15) is 19.8 Å². The lowest BCUT2D eigenvalue weighted by molar-refractivity contribution is -0.163. The van der Waals surface area contributed by atoms with Crippen molar-refractivity contribution in [3.63, 3.8) is 0 Å². The third kappa shape index (κ3) is 6.06. The summed E-state index contributed by atoms with van der Waals surface area (Å²) in [5.41, 5.74) is 3.34. The molecule has 52 heavy (non-hydrogen) atoms. The first-order valence-corrected chi connectivity index (χ1v) is 24.0. The van der Waals surface area contributed by atoms with E-state index in [1.807, 2.05) is 46.2 Å². The molecule has 2 saturated heterocycles. The molecule has 280 valence electrons. The van der Waals surface area contributed by atoms with Crippen LogP contribution in [-0.4, -0.2) is 101 Å². The lowest BCUT2D eigenvalue weighted by Gasteiger charge is -2.63. The van der Waals surface area contributed by atoms with Crippen LogP contribution in [0.1, 0.15) is 88.4 Å². The lowest BCUT2D eigenvalue weighted by atomic mass is 9.44. The first-order valence-electron chi connectivity index (χ1n) is 20.5. The second kappa shape index (κ2) is 13.3. The van der Waals surface area contributed by atoms with E-state index in [2.05, 4.69) is 55.9 Å². The number of nitrogens with zero attached hydrogens (tertiary/aromatic N) is 3. The van der Waals surface area contributed by atoms with Crippen LogP contribution < -0.4 is 0 Å². The Kier molecular flexibility index (Phi) is 9.25. The monoisotopic (exact) mass is 723 g/mol. The molecule has 2 N–H and O–H groups in total. The van der Waals surface area contributed by atoms with E-state index in [1.54, 1.807) is 0 Å². The van der Waals surface area contributed by atoms with Gasteiger partial charge >= 0.3 is 0 Å². The van der Waals surface area contributed by atoms with Crippen LogP contribution >= 0.6 is 0 Å². The first kappa shape index (κ1) is 36.3. The summed E-state index contributed by atoms with van der Waals surface area (Å²) in [4.78, 5) is 34.0. The number of carbonyl (C=O) groups excluding carboxylic acids is 2.